The number of carbonyl (C=O) groups excluding carboxylic acids is 1. The van der Waals surface area contributed by atoms with E-state index in [9.17, 15) is 4.79 Å². The first kappa shape index (κ1) is 12.4. The van der Waals surface area contributed by atoms with Crippen LogP contribution in [-0.4, -0.2) is 17.8 Å². The van der Waals surface area contributed by atoms with E-state index in [2.05, 4.69) is 5.16 Å². The van der Waals surface area contributed by atoms with Crippen molar-refractivity contribution in [2.45, 2.75) is 13.0 Å². The first-order valence-electron chi connectivity index (χ1n) is 6.31. The molecule has 0 spiro atoms. The molecule has 1 unspecified atom stereocenters. The third-order valence-electron chi connectivity index (χ3n) is 3.01. The quantitative estimate of drug-likeness (QED) is 0.803. The summed E-state index contributed by atoms with van der Waals surface area (Å²) in [5.41, 5.74) is 2.42. The number of benzene rings is 2. The maximum absolute atomic E-state index is 11.8. The third kappa shape index (κ3) is 2.40. The molecule has 1 aliphatic rings. The molecule has 20 heavy (non-hydrogen) atoms. The molecule has 4 nitrogen and oxygen atoms in total. The summed E-state index contributed by atoms with van der Waals surface area (Å²) in [6, 6.07) is 16.9. The molecule has 0 fully saturated rings. The molecule has 100 valence electrons. The van der Waals surface area contributed by atoms with E-state index in [4.69, 9.17) is 9.57 Å². The molecular weight excluding hydrogens is 254 g/mol. The van der Waals surface area contributed by atoms with Gasteiger partial charge in [0, 0.05) is 5.56 Å². The van der Waals surface area contributed by atoms with Crippen molar-refractivity contribution in [3.63, 3.8) is 0 Å². The maximum atomic E-state index is 11.8. The number of nitrogens with zero attached hydrogens (tertiary/aromatic N) is 1. The Hall–Kier alpha value is -2.62. The fraction of sp³-hybridized carbons (Fsp3) is 0.125. The molecule has 1 atom stereocenters. The fourth-order valence-corrected chi connectivity index (χ4v) is 2.05. The lowest BCUT2D eigenvalue weighted by atomic mass is 10.0. The number of rotatable bonds is 3. The molecule has 4 heteroatoms. The molecule has 2 aromatic carbocycles. The lowest BCUT2D eigenvalue weighted by Crippen LogP contribution is -2.32. The van der Waals surface area contributed by atoms with Crippen molar-refractivity contribution in [3.8, 4) is 5.75 Å². The molecule has 3 rings (SSSR count). The maximum Gasteiger partial charge on any atom is 0.381 e. The molecule has 1 aliphatic heterocycles. The van der Waals surface area contributed by atoms with Crippen molar-refractivity contribution in [1.82, 2.24) is 0 Å². The van der Waals surface area contributed by atoms with E-state index in [0.717, 1.165) is 11.1 Å². The van der Waals surface area contributed by atoms with Crippen LogP contribution < -0.4 is 4.74 Å². The van der Waals surface area contributed by atoms with Crippen molar-refractivity contribution in [2.75, 3.05) is 0 Å². The van der Waals surface area contributed by atoms with Gasteiger partial charge >= 0.3 is 5.97 Å². The molecule has 0 saturated carbocycles. The second-order valence-corrected chi connectivity index (χ2v) is 4.57. The first-order valence-corrected chi connectivity index (χ1v) is 6.31. The fourth-order valence-electron chi connectivity index (χ4n) is 2.05. The highest BCUT2D eigenvalue weighted by Gasteiger charge is 2.35. The van der Waals surface area contributed by atoms with Gasteiger partial charge in [-0.25, -0.2) is 4.79 Å². The number of para-hydroxylation sites is 1. The Labute approximate surface area is 116 Å². The minimum absolute atomic E-state index is 0.495. The average Bonchev–Trinajstić information content (AvgIpc) is 2.82. The van der Waals surface area contributed by atoms with E-state index in [0.29, 0.717) is 11.5 Å². The van der Waals surface area contributed by atoms with Gasteiger partial charge in [-0.05, 0) is 25.1 Å². The van der Waals surface area contributed by atoms with Gasteiger partial charge in [-0.2, -0.15) is 0 Å². The summed E-state index contributed by atoms with van der Waals surface area (Å²) in [4.78, 5) is 16.6. The minimum atomic E-state index is -0.820. The Morgan fingerprint density at radius 3 is 2.65 bits per heavy atom. The highest BCUT2D eigenvalue weighted by molar-refractivity contribution is 6.16. The topological polar surface area (TPSA) is 47.9 Å². The van der Waals surface area contributed by atoms with Crippen LogP contribution in [-0.2, 0) is 9.63 Å². The Bertz CT molecular complexity index is 664. The summed E-state index contributed by atoms with van der Waals surface area (Å²) in [6.45, 7) is 1.98. The van der Waals surface area contributed by atoms with Crippen LogP contribution in [0.15, 0.2) is 59.8 Å². The highest BCUT2D eigenvalue weighted by Crippen LogP contribution is 2.20. The van der Waals surface area contributed by atoms with Crippen LogP contribution in [0.1, 0.15) is 11.1 Å². The summed E-state index contributed by atoms with van der Waals surface area (Å²) < 4.78 is 5.69. The molecule has 0 aliphatic carbocycles. The summed E-state index contributed by atoms with van der Waals surface area (Å²) in [5.74, 6) is 0.113. The zero-order valence-electron chi connectivity index (χ0n) is 10.9. The number of hydrogen-bond acceptors (Lipinski definition) is 4. The molecule has 0 aromatic heterocycles. The van der Waals surface area contributed by atoms with Gasteiger partial charge in [-0.3, -0.25) is 0 Å². The highest BCUT2D eigenvalue weighted by atomic mass is 16.7. The van der Waals surface area contributed by atoms with Crippen LogP contribution in [0.5, 0.6) is 5.75 Å². The number of hydrogen-bond donors (Lipinski definition) is 0. The van der Waals surface area contributed by atoms with Crippen molar-refractivity contribution in [1.29, 1.82) is 0 Å². The van der Waals surface area contributed by atoms with Crippen molar-refractivity contribution >= 4 is 11.7 Å². The second kappa shape index (κ2) is 5.17. The van der Waals surface area contributed by atoms with E-state index in [-0.39, 0.29) is 0 Å². The predicted octanol–water partition coefficient (Wildman–Crippen LogP) is 2.70. The lowest BCUT2D eigenvalue weighted by Gasteiger charge is -2.12. The van der Waals surface area contributed by atoms with Gasteiger partial charge in [0.15, 0.2) is 0 Å². The van der Waals surface area contributed by atoms with Crippen LogP contribution >= 0.6 is 0 Å². The molecule has 0 bridgehead atoms. The number of ether oxygens (including phenoxy) is 1. The number of oxime groups is 1. The normalized spacial score (nSPS) is 17.6. The minimum Gasteiger partial charge on any atom is -0.472 e. The molecule has 0 radical (unpaired) electrons. The standard InChI is InChI=1S/C16H13NO3/c1-11-6-5-7-12(10-11)14-15(16(18)20-17-14)19-13-8-3-2-4-9-13/h2-10,15H,1H3. The zero-order chi connectivity index (χ0) is 13.9. The van der Waals surface area contributed by atoms with Gasteiger partial charge in [-0.15, -0.1) is 0 Å². The van der Waals surface area contributed by atoms with Crippen LogP contribution in [0.25, 0.3) is 0 Å². The van der Waals surface area contributed by atoms with E-state index < -0.39 is 12.1 Å². The first-order chi connectivity index (χ1) is 9.74. The Morgan fingerprint density at radius 1 is 1.10 bits per heavy atom. The van der Waals surface area contributed by atoms with E-state index >= 15 is 0 Å². The van der Waals surface area contributed by atoms with E-state index in [1.807, 2.05) is 49.4 Å². The molecule has 0 amide bonds. The Morgan fingerprint density at radius 2 is 1.90 bits per heavy atom. The summed E-state index contributed by atoms with van der Waals surface area (Å²) >= 11 is 0. The molecule has 0 saturated heterocycles. The summed E-state index contributed by atoms with van der Waals surface area (Å²) in [6.07, 6.45) is -0.820. The van der Waals surface area contributed by atoms with Gasteiger partial charge in [0.2, 0.25) is 6.10 Å². The largest absolute Gasteiger partial charge is 0.472 e. The molecular formula is C16H13NO3. The monoisotopic (exact) mass is 267 g/mol. The third-order valence-corrected chi connectivity index (χ3v) is 3.01. The summed E-state index contributed by atoms with van der Waals surface area (Å²) in [5, 5.41) is 3.85. The van der Waals surface area contributed by atoms with Gasteiger partial charge in [0.05, 0.1) is 0 Å². The van der Waals surface area contributed by atoms with Crippen LogP contribution in [0.2, 0.25) is 0 Å². The van der Waals surface area contributed by atoms with Crippen LogP contribution in [0, 0.1) is 6.92 Å². The summed E-state index contributed by atoms with van der Waals surface area (Å²) in [7, 11) is 0. The zero-order valence-corrected chi connectivity index (χ0v) is 10.9. The van der Waals surface area contributed by atoms with E-state index in [1.165, 1.54) is 0 Å². The SMILES string of the molecule is Cc1cccc(C2=NOC(=O)C2Oc2ccccc2)c1. The van der Waals surface area contributed by atoms with E-state index in [1.54, 1.807) is 12.1 Å². The predicted molar refractivity (Wildman–Crippen MR) is 74.7 cm³/mol. The van der Waals surface area contributed by atoms with Gasteiger partial charge in [0.1, 0.15) is 11.5 Å². The second-order valence-electron chi connectivity index (χ2n) is 4.57. The molecule has 0 N–H and O–H groups in total. The molecule has 1 heterocycles. The van der Waals surface area contributed by atoms with Gasteiger partial charge < -0.3 is 9.57 Å². The lowest BCUT2D eigenvalue weighted by molar-refractivity contribution is -0.145. The van der Waals surface area contributed by atoms with Crippen molar-refractivity contribution in [2.24, 2.45) is 5.16 Å². The number of aryl methyl sites for hydroxylation is 1. The van der Waals surface area contributed by atoms with Crippen molar-refractivity contribution in [3.05, 3.63) is 65.7 Å². The Kier molecular flexibility index (Phi) is 3.21. The van der Waals surface area contributed by atoms with Crippen molar-refractivity contribution < 1.29 is 14.4 Å². The van der Waals surface area contributed by atoms with Gasteiger partial charge in [-0.1, -0.05) is 47.1 Å². The molecule has 2 aromatic rings. The Balaban J connectivity index is 1.89. The van der Waals surface area contributed by atoms with Crippen LogP contribution in [0.3, 0.4) is 0 Å². The van der Waals surface area contributed by atoms with Gasteiger partial charge in [0.25, 0.3) is 0 Å². The van der Waals surface area contributed by atoms with Crippen LogP contribution in [0.4, 0.5) is 0 Å². The smallest absolute Gasteiger partial charge is 0.381 e. The average molecular weight is 267 g/mol. The number of carbonyl (C=O) groups is 1.